The molecule has 84 valence electrons. The second kappa shape index (κ2) is 4.49. The Bertz CT molecular complexity index is 514. The highest BCUT2D eigenvalue weighted by Gasteiger charge is 2.14. The van der Waals surface area contributed by atoms with Crippen molar-refractivity contribution in [3.63, 3.8) is 0 Å². The van der Waals surface area contributed by atoms with Crippen LogP contribution in [-0.2, 0) is 0 Å². The van der Waals surface area contributed by atoms with E-state index in [1.807, 2.05) is 6.92 Å². The average molecular weight is 240 g/mol. The van der Waals surface area contributed by atoms with Crippen molar-refractivity contribution in [3.05, 3.63) is 34.5 Å². The smallest absolute Gasteiger partial charge is 0.259 e. The lowest BCUT2D eigenvalue weighted by Crippen LogP contribution is -2.01. The summed E-state index contributed by atoms with van der Waals surface area (Å²) in [5.41, 5.74) is 0.491. The molecule has 2 rings (SSSR count). The molecule has 0 aliphatic carbocycles. The van der Waals surface area contributed by atoms with Gasteiger partial charge in [0, 0.05) is 12.3 Å². The molecule has 0 fully saturated rings. The molecule has 0 aromatic carbocycles. The molecule has 2 aromatic heterocycles. The standard InChI is InChI=1S/C10H10ClN3O2/c1-2-7(11)9-13-10(16-14-9)6-3-4-8(15)12-5-6/h3-5,7H,2H2,1H3,(H,12,15). The van der Waals surface area contributed by atoms with Gasteiger partial charge in [0.15, 0.2) is 5.82 Å². The molecule has 0 aliphatic rings. The Morgan fingerprint density at radius 2 is 2.38 bits per heavy atom. The summed E-state index contributed by atoms with van der Waals surface area (Å²) in [7, 11) is 0. The topological polar surface area (TPSA) is 71.8 Å². The number of hydrogen-bond donors (Lipinski definition) is 1. The van der Waals surface area contributed by atoms with Crippen LogP contribution >= 0.6 is 11.6 Å². The molecule has 0 saturated heterocycles. The van der Waals surface area contributed by atoms with Gasteiger partial charge in [-0.05, 0) is 12.5 Å². The Kier molecular flexibility index (Phi) is 3.05. The quantitative estimate of drug-likeness (QED) is 0.833. The van der Waals surface area contributed by atoms with Crippen molar-refractivity contribution in [3.8, 4) is 11.5 Å². The van der Waals surface area contributed by atoms with E-state index < -0.39 is 0 Å². The zero-order valence-electron chi connectivity index (χ0n) is 8.61. The summed E-state index contributed by atoms with van der Waals surface area (Å²) >= 11 is 5.97. The first-order valence-corrected chi connectivity index (χ1v) is 5.31. The fourth-order valence-corrected chi connectivity index (χ4v) is 1.29. The summed E-state index contributed by atoms with van der Waals surface area (Å²) in [6, 6.07) is 3.02. The minimum Gasteiger partial charge on any atom is -0.334 e. The van der Waals surface area contributed by atoms with Gasteiger partial charge in [0.25, 0.3) is 5.89 Å². The van der Waals surface area contributed by atoms with Gasteiger partial charge in [-0.3, -0.25) is 4.79 Å². The van der Waals surface area contributed by atoms with Crippen molar-refractivity contribution in [2.45, 2.75) is 18.7 Å². The second-order valence-corrected chi connectivity index (χ2v) is 3.80. The van der Waals surface area contributed by atoms with Gasteiger partial charge in [0.1, 0.15) is 0 Å². The number of rotatable bonds is 3. The molecule has 0 saturated carbocycles. The van der Waals surface area contributed by atoms with Gasteiger partial charge < -0.3 is 9.51 Å². The number of alkyl halides is 1. The minimum atomic E-state index is -0.250. The lowest BCUT2D eigenvalue weighted by Gasteiger charge is -1.96. The maximum Gasteiger partial charge on any atom is 0.259 e. The largest absolute Gasteiger partial charge is 0.334 e. The average Bonchev–Trinajstić information content (AvgIpc) is 2.78. The Labute approximate surface area is 96.5 Å². The number of nitrogens with zero attached hydrogens (tertiary/aromatic N) is 2. The molecule has 5 nitrogen and oxygen atoms in total. The van der Waals surface area contributed by atoms with E-state index in [0.717, 1.165) is 6.42 Å². The van der Waals surface area contributed by atoms with E-state index in [4.69, 9.17) is 16.1 Å². The van der Waals surface area contributed by atoms with Gasteiger partial charge in [0.05, 0.1) is 10.9 Å². The van der Waals surface area contributed by atoms with Crippen LogP contribution in [0, 0.1) is 0 Å². The van der Waals surface area contributed by atoms with Crippen LogP contribution in [0.4, 0.5) is 0 Å². The molecule has 6 heteroatoms. The summed E-state index contributed by atoms with van der Waals surface area (Å²) in [6.07, 6.45) is 2.25. The lowest BCUT2D eigenvalue weighted by atomic mass is 10.3. The summed E-state index contributed by atoms with van der Waals surface area (Å²) in [6.45, 7) is 1.94. The van der Waals surface area contributed by atoms with Gasteiger partial charge in [-0.1, -0.05) is 12.1 Å². The van der Waals surface area contributed by atoms with Crippen LogP contribution in [-0.4, -0.2) is 15.1 Å². The third kappa shape index (κ3) is 2.14. The number of nitrogens with one attached hydrogen (secondary N) is 1. The fourth-order valence-electron chi connectivity index (χ4n) is 1.21. The number of H-pyrrole nitrogens is 1. The molecule has 0 radical (unpaired) electrons. The number of pyridine rings is 1. The summed E-state index contributed by atoms with van der Waals surface area (Å²) in [4.78, 5) is 17.6. The number of halogens is 1. The molecule has 1 unspecified atom stereocenters. The van der Waals surface area contributed by atoms with Crippen molar-refractivity contribution < 1.29 is 4.52 Å². The Balaban J connectivity index is 2.31. The summed E-state index contributed by atoms with van der Waals surface area (Å²) < 4.78 is 5.05. The van der Waals surface area contributed by atoms with Crippen LogP contribution in [0.5, 0.6) is 0 Å². The van der Waals surface area contributed by atoms with Crippen molar-refractivity contribution in [1.82, 2.24) is 15.1 Å². The Hall–Kier alpha value is -1.62. The van der Waals surface area contributed by atoms with Gasteiger partial charge in [-0.25, -0.2) is 0 Å². The molecule has 0 amide bonds. The van der Waals surface area contributed by atoms with E-state index in [2.05, 4.69) is 15.1 Å². The zero-order chi connectivity index (χ0) is 11.5. The van der Waals surface area contributed by atoms with Crippen LogP contribution in [0.25, 0.3) is 11.5 Å². The molecule has 2 aromatic rings. The van der Waals surface area contributed by atoms with Crippen molar-refractivity contribution in [2.24, 2.45) is 0 Å². The third-order valence-corrected chi connectivity index (χ3v) is 2.62. The highest BCUT2D eigenvalue weighted by Crippen LogP contribution is 2.23. The highest BCUT2D eigenvalue weighted by molar-refractivity contribution is 6.20. The highest BCUT2D eigenvalue weighted by atomic mass is 35.5. The maximum absolute atomic E-state index is 10.9. The first-order chi connectivity index (χ1) is 7.70. The van der Waals surface area contributed by atoms with Crippen LogP contribution < -0.4 is 5.56 Å². The molecular formula is C10H10ClN3O2. The van der Waals surface area contributed by atoms with Crippen molar-refractivity contribution in [1.29, 1.82) is 0 Å². The Morgan fingerprint density at radius 1 is 1.56 bits per heavy atom. The monoisotopic (exact) mass is 239 g/mol. The molecule has 0 spiro atoms. The van der Waals surface area contributed by atoms with Gasteiger partial charge in [-0.2, -0.15) is 4.98 Å². The summed E-state index contributed by atoms with van der Waals surface area (Å²) in [5, 5.41) is 3.53. The SMILES string of the molecule is CCC(Cl)c1noc(-c2ccc(=O)[nH]c2)n1. The van der Waals surface area contributed by atoms with E-state index in [-0.39, 0.29) is 10.9 Å². The van der Waals surface area contributed by atoms with Crippen molar-refractivity contribution in [2.75, 3.05) is 0 Å². The predicted octanol–water partition coefficient (Wildman–Crippen LogP) is 2.11. The van der Waals surface area contributed by atoms with E-state index in [0.29, 0.717) is 17.3 Å². The molecule has 1 N–H and O–H groups in total. The lowest BCUT2D eigenvalue weighted by molar-refractivity contribution is 0.421. The number of hydrogen-bond acceptors (Lipinski definition) is 4. The van der Waals surface area contributed by atoms with Gasteiger partial charge in [0.2, 0.25) is 5.56 Å². The normalized spacial score (nSPS) is 12.6. The van der Waals surface area contributed by atoms with Crippen LogP contribution in [0.3, 0.4) is 0 Å². The number of aromatic amines is 1. The second-order valence-electron chi connectivity index (χ2n) is 3.28. The molecule has 16 heavy (non-hydrogen) atoms. The van der Waals surface area contributed by atoms with Gasteiger partial charge in [-0.15, -0.1) is 11.6 Å². The van der Waals surface area contributed by atoms with E-state index in [1.165, 1.54) is 12.3 Å². The molecule has 0 bridgehead atoms. The van der Waals surface area contributed by atoms with Crippen LogP contribution in [0.15, 0.2) is 27.6 Å². The molecule has 0 aliphatic heterocycles. The van der Waals surface area contributed by atoms with E-state index in [9.17, 15) is 4.79 Å². The van der Waals surface area contributed by atoms with E-state index in [1.54, 1.807) is 6.07 Å². The first kappa shape index (κ1) is 10.9. The Morgan fingerprint density at radius 3 is 3.00 bits per heavy atom. The molecular weight excluding hydrogens is 230 g/mol. The number of aromatic nitrogens is 3. The third-order valence-electron chi connectivity index (χ3n) is 2.11. The zero-order valence-corrected chi connectivity index (χ0v) is 9.36. The van der Waals surface area contributed by atoms with Gasteiger partial charge >= 0.3 is 0 Å². The summed E-state index contributed by atoms with van der Waals surface area (Å²) in [5.74, 6) is 0.815. The predicted molar refractivity (Wildman–Crippen MR) is 59.2 cm³/mol. The minimum absolute atomic E-state index is 0.174. The van der Waals surface area contributed by atoms with Crippen molar-refractivity contribution >= 4 is 11.6 Å². The van der Waals surface area contributed by atoms with Crippen LogP contribution in [0.1, 0.15) is 24.5 Å². The fraction of sp³-hybridized carbons (Fsp3) is 0.300. The molecule has 1 atom stereocenters. The van der Waals surface area contributed by atoms with Crippen LogP contribution in [0.2, 0.25) is 0 Å². The first-order valence-electron chi connectivity index (χ1n) is 4.87. The maximum atomic E-state index is 10.9. The molecule has 2 heterocycles. The van der Waals surface area contributed by atoms with E-state index >= 15 is 0 Å².